The van der Waals surface area contributed by atoms with E-state index in [1.807, 2.05) is 24.3 Å². The summed E-state index contributed by atoms with van der Waals surface area (Å²) in [6.07, 6.45) is 0. The van der Waals surface area contributed by atoms with Crippen molar-refractivity contribution < 1.29 is 9.53 Å². The summed E-state index contributed by atoms with van der Waals surface area (Å²) in [6.45, 7) is 4.17. The van der Waals surface area contributed by atoms with Gasteiger partial charge in [0, 0.05) is 34.8 Å². The first-order valence-corrected chi connectivity index (χ1v) is 11.0. The number of halogens is 2. The largest absolute Gasteiger partial charge is 0.379 e. The normalized spacial score (nSPS) is 14.7. The van der Waals surface area contributed by atoms with Gasteiger partial charge in [-0.1, -0.05) is 23.7 Å². The molecule has 0 aliphatic carbocycles. The van der Waals surface area contributed by atoms with Gasteiger partial charge in [0.15, 0.2) is 5.69 Å². The third-order valence-corrected chi connectivity index (χ3v) is 6.08. The summed E-state index contributed by atoms with van der Waals surface area (Å²) < 4.78 is 6.29. The van der Waals surface area contributed by atoms with Gasteiger partial charge in [0.25, 0.3) is 5.91 Å². The fourth-order valence-corrected chi connectivity index (χ4v) is 4.31. The van der Waals surface area contributed by atoms with Crippen molar-refractivity contribution in [1.82, 2.24) is 20.4 Å². The predicted octanol–water partition coefficient (Wildman–Crippen LogP) is 2.94. The van der Waals surface area contributed by atoms with E-state index in [2.05, 4.69) is 43.0 Å². The van der Waals surface area contributed by atoms with Crippen LogP contribution in [0.1, 0.15) is 21.6 Å². The molecule has 1 amide bonds. The van der Waals surface area contributed by atoms with Crippen LogP contribution in [0.15, 0.2) is 41.2 Å². The molecule has 0 radical (unpaired) electrons. The number of morpholine rings is 1. The summed E-state index contributed by atoms with van der Waals surface area (Å²) in [5, 5.41) is 10.8. The molecule has 1 aliphatic rings. The minimum Gasteiger partial charge on any atom is -0.379 e. The third kappa shape index (κ3) is 4.83. The second-order valence-electron chi connectivity index (χ2n) is 7.10. The smallest absolute Gasteiger partial charge is 0.276 e. The van der Waals surface area contributed by atoms with Crippen LogP contribution in [-0.4, -0.2) is 47.3 Å². The topological polar surface area (TPSA) is 87.3 Å². The van der Waals surface area contributed by atoms with E-state index in [0.717, 1.165) is 34.3 Å². The molecular weight excluding hydrogens is 519 g/mol. The molecule has 0 spiro atoms. The van der Waals surface area contributed by atoms with Gasteiger partial charge in [0.1, 0.15) is 0 Å². The molecule has 1 aliphatic heterocycles. The van der Waals surface area contributed by atoms with Crippen molar-refractivity contribution >= 4 is 51.0 Å². The van der Waals surface area contributed by atoms with Gasteiger partial charge in [-0.05, 0) is 58.0 Å². The van der Waals surface area contributed by atoms with E-state index in [9.17, 15) is 9.59 Å². The first-order valence-electron chi connectivity index (χ1n) is 9.55. The Morgan fingerprint density at radius 1 is 1.20 bits per heavy atom. The van der Waals surface area contributed by atoms with E-state index in [4.69, 9.17) is 16.3 Å². The number of carbonyl (C=O) groups is 1. The number of aromatic amines is 1. The summed E-state index contributed by atoms with van der Waals surface area (Å²) in [6, 6.07) is 11.0. The number of H-pyrrole nitrogens is 1. The van der Waals surface area contributed by atoms with Crippen LogP contribution in [0.3, 0.4) is 0 Å². The second-order valence-corrected chi connectivity index (χ2v) is 8.70. The van der Waals surface area contributed by atoms with Crippen molar-refractivity contribution in [3.63, 3.8) is 0 Å². The van der Waals surface area contributed by atoms with Crippen LogP contribution in [0, 0.1) is 3.57 Å². The highest BCUT2D eigenvalue weighted by molar-refractivity contribution is 14.1. The molecule has 7 nitrogen and oxygen atoms in total. The summed E-state index contributed by atoms with van der Waals surface area (Å²) in [4.78, 5) is 27.9. The molecule has 9 heteroatoms. The lowest BCUT2D eigenvalue weighted by Gasteiger charge is -2.26. The predicted molar refractivity (Wildman–Crippen MR) is 124 cm³/mol. The van der Waals surface area contributed by atoms with Crippen LogP contribution < -0.4 is 10.7 Å². The standard InChI is InChI=1S/C21H20ClIN4O3/c22-15-3-1-13(2-4-15)11-24-21(29)19-20(28)16-9-14(10-17(23)18(16)25-26-19)12-27-5-7-30-8-6-27/h1-4,9-10H,5-8,11-12H2,(H,24,29)(H,25,28). The molecule has 156 valence electrons. The van der Waals surface area contributed by atoms with Crippen molar-refractivity contribution in [2.45, 2.75) is 13.1 Å². The molecule has 30 heavy (non-hydrogen) atoms. The molecule has 4 rings (SSSR count). The lowest BCUT2D eigenvalue weighted by atomic mass is 10.1. The Morgan fingerprint density at radius 3 is 2.67 bits per heavy atom. The molecule has 3 aromatic rings. The molecule has 2 aromatic carbocycles. The zero-order chi connectivity index (χ0) is 21.1. The van der Waals surface area contributed by atoms with E-state index >= 15 is 0 Å². The van der Waals surface area contributed by atoms with Crippen LogP contribution >= 0.6 is 34.2 Å². The first-order chi connectivity index (χ1) is 14.5. The van der Waals surface area contributed by atoms with Crippen molar-refractivity contribution in [3.8, 4) is 0 Å². The summed E-state index contributed by atoms with van der Waals surface area (Å²) in [5.74, 6) is -0.512. The van der Waals surface area contributed by atoms with E-state index in [1.165, 1.54) is 0 Å². The number of amides is 1. The third-order valence-electron chi connectivity index (χ3n) is 4.98. The Morgan fingerprint density at radius 2 is 1.93 bits per heavy atom. The SMILES string of the molecule is O=C(NCc1ccc(Cl)cc1)c1n[nH]c2c(I)cc(CN3CCOCC3)cc2c1=O. The molecule has 0 saturated carbocycles. The van der Waals surface area contributed by atoms with Gasteiger partial charge in [0.05, 0.1) is 24.1 Å². The maximum Gasteiger partial charge on any atom is 0.276 e. The molecule has 2 heterocycles. The van der Waals surface area contributed by atoms with Gasteiger partial charge in [0.2, 0.25) is 5.43 Å². The van der Waals surface area contributed by atoms with Crippen LogP contribution in [0.25, 0.3) is 10.9 Å². The number of benzene rings is 2. The van der Waals surface area contributed by atoms with E-state index in [-0.39, 0.29) is 17.7 Å². The lowest BCUT2D eigenvalue weighted by molar-refractivity contribution is 0.0342. The minimum atomic E-state index is -0.512. The van der Waals surface area contributed by atoms with Crippen LogP contribution in [0.4, 0.5) is 0 Å². The summed E-state index contributed by atoms with van der Waals surface area (Å²) in [5.41, 5.74) is 2.03. The Balaban J connectivity index is 1.57. The van der Waals surface area contributed by atoms with Crippen LogP contribution in [0.5, 0.6) is 0 Å². The van der Waals surface area contributed by atoms with Crippen molar-refractivity contribution in [3.05, 3.63) is 72.0 Å². The minimum absolute atomic E-state index is 0.143. The van der Waals surface area contributed by atoms with E-state index in [0.29, 0.717) is 29.1 Å². The highest BCUT2D eigenvalue weighted by Gasteiger charge is 2.18. The van der Waals surface area contributed by atoms with Crippen molar-refractivity contribution in [2.24, 2.45) is 0 Å². The number of hydrogen-bond acceptors (Lipinski definition) is 5. The molecule has 0 unspecified atom stereocenters. The maximum absolute atomic E-state index is 13.0. The Hall–Kier alpha value is -2.01. The monoisotopic (exact) mass is 538 g/mol. The molecule has 0 atom stereocenters. The number of rotatable bonds is 5. The zero-order valence-corrected chi connectivity index (χ0v) is 19.0. The molecule has 0 bridgehead atoms. The maximum atomic E-state index is 13.0. The van der Waals surface area contributed by atoms with Gasteiger partial charge in [-0.25, -0.2) is 0 Å². The van der Waals surface area contributed by atoms with Crippen LogP contribution in [0.2, 0.25) is 5.02 Å². The number of nitrogens with zero attached hydrogens (tertiary/aromatic N) is 2. The van der Waals surface area contributed by atoms with Crippen molar-refractivity contribution in [1.29, 1.82) is 0 Å². The Kier molecular flexibility index (Phi) is 6.67. The number of nitrogens with one attached hydrogen (secondary N) is 2. The first kappa shape index (κ1) is 21.2. The zero-order valence-electron chi connectivity index (χ0n) is 16.1. The molecule has 2 N–H and O–H groups in total. The van der Waals surface area contributed by atoms with Crippen molar-refractivity contribution in [2.75, 3.05) is 26.3 Å². The van der Waals surface area contributed by atoms with E-state index in [1.54, 1.807) is 12.1 Å². The average Bonchev–Trinajstić information content (AvgIpc) is 2.75. The fraction of sp³-hybridized carbons (Fsp3) is 0.286. The summed E-state index contributed by atoms with van der Waals surface area (Å²) >= 11 is 8.07. The Labute approximate surface area is 191 Å². The fourth-order valence-electron chi connectivity index (χ4n) is 3.38. The Bertz CT molecular complexity index is 1130. The second kappa shape index (κ2) is 9.42. The van der Waals surface area contributed by atoms with Gasteiger partial charge >= 0.3 is 0 Å². The lowest BCUT2D eigenvalue weighted by Crippen LogP contribution is -2.35. The molecule has 1 aromatic heterocycles. The highest BCUT2D eigenvalue weighted by Crippen LogP contribution is 2.20. The van der Waals surface area contributed by atoms with Gasteiger partial charge in [-0.15, -0.1) is 0 Å². The van der Waals surface area contributed by atoms with Gasteiger partial charge in [-0.2, -0.15) is 5.10 Å². The van der Waals surface area contributed by atoms with E-state index < -0.39 is 5.91 Å². The molecule has 1 fully saturated rings. The van der Waals surface area contributed by atoms with Gasteiger partial charge in [-0.3, -0.25) is 19.6 Å². The average molecular weight is 539 g/mol. The molecule has 1 saturated heterocycles. The number of ether oxygens (including phenoxy) is 1. The van der Waals surface area contributed by atoms with Gasteiger partial charge < -0.3 is 10.1 Å². The quantitative estimate of drug-likeness (QED) is 0.488. The molecular formula is C21H20ClIN4O3. The number of carbonyl (C=O) groups excluding carboxylic acids is 1. The number of aromatic nitrogens is 2. The number of fused-ring (bicyclic) bond motifs is 1. The highest BCUT2D eigenvalue weighted by atomic mass is 127. The van der Waals surface area contributed by atoms with Crippen LogP contribution in [-0.2, 0) is 17.8 Å². The summed E-state index contributed by atoms with van der Waals surface area (Å²) in [7, 11) is 0. The number of hydrogen-bond donors (Lipinski definition) is 2.